The number of hydrogen-bond acceptors (Lipinski definition) is 7. The third-order valence-corrected chi connectivity index (χ3v) is 3.96. The van der Waals surface area contributed by atoms with Gasteiger partial charge in [0.25, 0.3) is 0 Å². The Kier molecular flexibility index (Phi) is 6.77. The molecule has 0 bridgehead atoms. The van der Waals surface area contributed by atoms with Crippen molar-refractivity contribution in [2.45, 2.75) is 0 Å². The Morgan fingerprint density at radius 2 is 2.00 bits per heavy atom. The van der Waals surface area contributed by atoms with Crippen molar-refractivity contribution in [2.24, 2.45) is 0 Å². The first-order valence-electron chi connectivity index (χ1n) is 8.93. The fraction of sp³-hybridized carbons (Fsp3) is 0.200. The van der Waals surface area contributed by atoms with Crippen molar-refractivity contribution in [3.05, 3.63) is 60.7 Å². The highest BCUT2D eigenvalue weighted by Gasteiger charge is 2.04. The molecule has 9 nitrogen and oxygen atoms in total. The summed E-state index contributed by atoms with van der Waals surface area (Å²) in [5, 5.41) is 10.1. The van der Waals surface area contributed by atoms with Crippen LogP contribution in [0, 0.1) is 0 Å². The van der Waals surface area contributed by atoms with E-state index in [0.29, 0.717) is 36.2 Å². The number of carbonyl (C=O) groups is 1. The molecule has 0 spiro atoms. The van der Waals surface area contributed by atoms with Gasteiger partial charge in [0.1, 0.15) is 12.1 Å². The smallest absolute Gasteiger partial charge is 0.244 e. The molecule has 0 aliphatic heterocycles. The van der Waals surface area contributed by atoms with Gasteiger partial charge in [-0.1, -0.05) is 6.07 Å². The molecule has 1 aromatic carbocycles. The molecule has 0 aliphatic rings. The van der Waals surface area contributed by atoms with Gasteiger partial charge in [0.05, 0.1) is 14.2 Å². The van der Waals surface area contributed by atoms with Gasteiger partial charge in [-0.15, -0.1) is 0 Å². The molecule has 2 heterocycles. The molecule has 3 rings (SSSR count). The third kappa shape index (κ3) is 5.55. The van der Waals surface area contributed by atoms with Gasteiger partial charge in [-0.05, 0) is 29.8 Å². The van der Waals surface area contributed by atoms with Crippen molar-refractivity contribution in [1.82, 2.24) is 25.1 Å². The van der Waals surface area contributed by atoms with Gasteiger partial charge in [0.15, 0.2) is 17.3 Å². The molecule has 9 heteroatoms. The van der Waals surface area contributed by atoms with Crippen molar-refractivity contribution < 1.29 is 14.3 Å². The number of ether oxygens (including phenoxy) is 2. The van der Waals surface area contributed by atoms with E-state index in [9.17, 15) is 4.79 Å². The Bertz CT molecular complexity index is 972. The summed E-state index contributed by atoms with van der Waals surface area (Å²) in [5.74, 6) is 2.37. The molecule has 29 heavy (non-hydrogen) atoms. The predicted molar refractivity (Wildman–Crippen MR) is 109 cm³/mol. The minimum atomic E-state index is -0.193. The van der Waals surface area contributed by atoms with Gasteiger partial charge in [0, 0.05) is 37.6 Å². The maximum Gasteiger partial charge on any atom is 0.244 e. The zero-order valence-electron chi connectivity index (χ0n) is 16.2. The van der Waals surface area contributed by atoms with Crippen LogP contribution in [0.4, 0.5) is 5.82 Å². The molecular formula is C20H22N6O3. The molecule has 150 valence electrons. The highest BCUT2D eigenvalue weighted by atomic mass is 16.5. The van der Waals surface area contributed by atoms with Crippen LogP contribution in [0.25, 0.3) is 11.9 Å². The maximum atomic E-state index is 12.0. The molecule has 0 aliphatic carbocycles. The minimum absolute atomic E-state index is 0.193. The van der Waals surface area contributed by atoms with Crippen LogP contribution >= 0.6 is 0 Å². The topological polar surface area (TPSA) is 103 Å². The van der Waals surface area contributed by atoms with E-state index in [1.165, 1.54) is 12.4 Å². The van der Waals surface area contributed by atoms with Crippen molar-refractivity contribution >= 4 is 17.8 Å². The fourth-order valence-electron chi connectivity index (χ4n) is 2.54. The van der Waals surface area contributed by atoms with Gasteiger partial charge in [-0.25, -0.2) is 14.6 Å². The number of aromatic nitrogens is 4. The number of nitrogens with one attached hydrogen (secondary N) is 2. The van der Waals surface area contributed by atoms with Gasteiger partial charge in [-0.2, -0.15) is 5.10 Å². The van der Waals surface area contributed by atoms with Gasteiger partial charge < -0.3 is 20.1 Å². The number of nitrogens with zero attached hydrogens (tertiary/aromatic N) is 4. The first-order chi connectivity index (χ1) is 14.2. The molecule has 0 unspecified atom stereocenters. The lowest BCUT2D eigenvalue weighted by atomic mass is 10.2. The average Bonchev–Trinajstić information content (AvgIpc) is 3.30. The van der Waals surface area contributed by atoms with Crippen LogP contribution in [-0.4, -0.2) is 53.0 Å². The SMILES string of the molecule is COc1ccc(/C=C/C(=O)NCCNc2cc(-n3cccn3)ncn2)cc1OC. The Morgan fingerprint density at radius 1 is 1.14 bits per heavy atom. The summed E-state index contributed by atoms with van der Waals surface area (Å²) in [5.41, 5.74) is 0.836. The first-order valence-corrected chi connectivity index (χ1v) is 8.93. The number of hydrogen-bond donors (Lipinski definition) is 2. The summed E-state index contributed by atoms with van der Waals surface area (Å²) in [7, 11) is 3.15. The van der Waals surface area contributed by atoms with Crippen LogP contribution in [0.15, 0.2) is 55.1 Å². The lowest BCUT2D eigenvalue weighted by molar-refractivity contribution is -0.116. The van der Waals surface area contributed by atoms with E-state index in [4.69, 9.17) is 9.47 Å². The van der Waals surface area contributed by atoms with Crippen LogP contribution in [0.2, 0.25) is 0 Å². The molecule has 0 saturated heterocycles. The lowest BCUT2D eigenvalue weighted by Crippen LogP contribution is -2.27. The van der Waals surface area contributed by atoms with Crippen molar-refractivity contribution in [3.63, 3.8) is 0 Å². The Hall–Kier alpha value is -3.88. The molecule has 0 saturated carbocycles. The van der Waals surface area contributed by atoms with E-state index in [1.807, 2.05) is 12.1 Å². The highest BCUT2D eigenvalue weighted by molar-refractivity contribution is 5.91. The van der Waals surface area contributed by atoms with E-state index in [-0.39, 0.29) is 5.91 Å². The summed E-state index contributed by atoms with van der Waals surface area (Å²) in [6, 6.07) is 9.04. The number of amides is 1. The molecule has 1 amide bonds. The minimum Gasteiger partial charge on any atom is -0.493 e. The number of carbonyl (C=O) groups excluding carboxylic acids is 1. The Labute approximate surface area is 168 Å². The number of anilines is 1. The second kappa shape index (κ2) is 9.88. The standard InChI is InChI=1S/C20H22N6O3/c1-28-16-6-4-15(12-17(16)29-2)5-7-20(27)22-10-9-21-18-13-19(24-14-23-18)26-11-3-8-25-26/h3-8,11-14H,9-10H2,1-2H3,(H,22,27)(H,21,23,24)/b7-5+. The molecule has 0 fully saturated rings. The van der Waals surface area contributed by atoms with Crippen LogP contribution in [-0.2, 0) is 4.79 Å². The monoisotopic (exact) mass is 394 g/mol. The van der Waals surface area contributed by atoms with E-state index < -0.39 is 0 Å². The first kappa shape index (κ1) is 19.9. The summed E-state index contributed by atoms with van der Waals surface area (Å²) in [6.07, 6.45) is 8.13. The maximum absolute atomic E-state index is 12.0. The van der Waals surface area contributed by atoms with Crippen molar-refractivity contribution in [3.8, 4) is 17.3 Å². The summed E-state index contributed by atoms with van der Waals surface area (Å²) >= 11 is 0. The largest absolute Gasteiger partial charge is 0.493 e. The summed E-state index contributed by atoms with van der Waals surface area (Å²) < 4.78 is 12.1. The van der Waals surface area contributed by atoms with Gasteiger partial charge >= 0.3 is 0 Å². The van der Waals surface area contributed by atoms with Crippen LogP contribution in [0.5, 0.6) is 11.5 Å². The normalized spacial score (nSPS) is 10.7. The van der Waals surface area contributed by atoms with Crippen LogP contribution in [0.3, 0.4) is 0 Å². The third-order valence-electron chi connectivity index (χ3n) is 3.96. The second-order valence-corrected chi connectivity index (χ2v) is 5.88. The van der Waals surface area contributed by atoms with E-state index in [1.54, 1.807) is 55.6 Å². The van der Waals surface area contributed by atoms with Crippen LogP contribution in [0.1, 0.15) is 5.56 Å². The fourth-order valence-corrected chi connectivity index (χ4v) is 2.54. The molecule has 0 radical (unpaired) electrons. The van der Waals surface area contributed by atoms with Crippen molar-refractivity contribution in [2.75, 3.05) is 32.6 Å². The van der Waals surface area contributed by atoms with Gasteiger partial charge in [-0.3, -0.25) is 4.79 Å². The van der Waals surface area contributed by atoms with Gasteiger partial charge in [0.2, 0.25) is 5.91 Å². The number of rotatable bonds is 9. The molecule has 3 aromatic rings. The zero-order valence-corrected chi connectivity index (χ0v) is 16.2. The summed E-state index contributed by atoms with van der Waals surface area (Å²) in [4.78, 5) is 20.3. The number of benzene rings is 1. The molecule has 0 atom stereocenters. The lowest BCUT2D eigenvalue weighted by Gasteiger charge is -2.08. The molecule has 2 aromatic heterocycles. The number of methoxy groups -OCH3 is 2. The van der Waals surface area contributed by atoms with E-state index >= 15 is 0 Å². The Balaban J connectivity index is 1.46. The van der Waals surface area contributed by atoms with Crippen molar-refractivity contribution in [1.29, 1.82) is 0 Å². The van der Waals surface area contributed by atoms with Crippen LogP contribution < -0.4 is 20.1 Å². The quantitative estimate of drug-likeness (QED) is 0.422. The second-order valence-electron chi connectivity index (χ2n) is 5.88. The molecule has 2 N–H and O–H groups in total. The average molecular weight is 394 g/mol. The zero-order chi connectivity index (χ0) is 20.5. The Morgan fingerprint density at radius 3 is 2.76 bits per heavy atom. The van der Waals surface area contributed by atoms with E-state index in [0.717, 1.165) is 5.56 Å². The molecular weight excluding hydrogens is 372 g/mol. The summed E-state index contributed by atoms with van der Waals surface area (Å²) in [6.45, 7) is 0.960. The van der Waals surface area contributed by atoms with E-state index in [2.05, 4.69) is 25.7 Å². The predicted octanol–water partition coefficient (Wildman–Crippen LogP) is 1.92. The highest BCUT2D eigenvalue weighted by Crippen LogP contribution is 2.27.